The fourth-order valence-electron chi connectivity index (χ4n) is 3.20. The monoisotopic (exact) mass is 328 g/mol. The molecule has 1 atom stereocenters. The SMILES string of the molecule is COc1ccccc1-c1cc(C(=O)NC[C@H]2CCCN(C)C2)[nH]n1. The lowest BCUT2D eigenvalue weighted by Crippen LogP contribution is -2.39. The van der Waals surface area contributed by atoms with E-state index >= 15 is 0 Å². The van der Waals surface area contributed by atoms with Crippen LogP contribution in [0.15, 0.2) is 30.3 Å². The Morgan fingerprint density at radius 2 is 2.29 bits per heavy atom. The van der Waals surface area contributed by atoms with Gasteiger partial charge in [-0.25, -0.2) is 0 Å². The topological polar surface area (TPSA) is 70.2 Å². The molecule has 1 saturated heterocycles. The predicted octanol–water partition coefficient (Wildman–Crippen LogP) is 2.16. The van der Waals surface area contributed by atoms with Crippen LogP contribution < -0.4 is 10.1 Å². The van der Waals surface area contributed by atoms with E-state index in [2.05, 4.69) is 27.5 Å². The van der Waals surface area contributed by atoms with Gasteiger partial charge in [-0.05, 0) is 50.6 Å². The van der Waals surface area contributed by atoms with Crippen molar-refractivity contribution in [3.63, 3.8) is 0 Å². The summed E-state index contributed by atoms with van der Waals surface area (Å²) in [4.78, 5) is 14.7. The maximum atomic E-state index is 12.3. The van der Waals surface area contributed by atoms with Gasteiger partial charge in [0.2, 0.25) is 0 Å². The minimum Gasteiger partial charge on any atom is -0.496 e. The van der Waals surface area contributed by atoms with E-state index in [-0.39, 0.29) is 5.91 Å². The number of carbonyl (C=O) groups excluding carboxylic acids is 1. The van der Waals surface area contributed by atoms with Gasteiger partial charge in [-0.3, -0.25) is 9.89 Å². The van der Waals surface area contributed by atoms with Crippen molar-refractivity contribution in [3.8, 4) is 17.0 Å². The summed E-state index contributed by atoms with van der Waals surface area (Å²) in [5.74, 6) is 1.14. The number of rotatable bonds is 5. The van der Waals surface area contributed by atoms with Crippen LogP contribution in [0.4, 0.5) is 0 Å². The van der Waals surface area contributed by atoms with Gasteiger partial charge in [0.05, 0.1) is 12.8 Å². The van der Waals surface area contributed by atoms with E-state index in [1.54, 1.807) is 13.2 Å². The number of piperidine rings is 1. The molecule has 1 amide bonds. The minimum absolute atomic E-state index is 0.114. The van der Waals surface area contributed by atoms with E-state index in [1.165, 1.54) is 12.8 Å². The molecular weight excluding hydrogens is 304 g/mol. The summed E-state index contributed by atoms with van der Waals surface area (Å²) in [6.07, 6.45) is 2.36. The number of aromatic nitrogens is 2. The van der Waals surface area contributed by atoms with Gasteiger partial charge in [-0.1, -0.05) is 12.1 Å². The molecule has 1 fully saturated rings. The maximum absolute atomic E-state index is 12.3. The predicted molar refractivity (Wildman–Crippen MR) is 93.1 cm³/mol. The number of hydrogen-bond donors (Lipinski definition) is 2. The van der Waals surface area contributed by atoms with Gasteiger partial charge in [-0.2, -0.15) is 5.10 Å². The summed E-state index contributed by atoms with van der Waals surface area (Å²) in [7, 11) is 3.75. The van der Waals surface area contributed by atoms with Crippen LogP contribution in [-0.2, 0) is 0 Å². The molecule has 0 unspecified atom stereocenters. The molecule has 0 radical (unpaired) electrons. The fourth-order valence-corrected chi connectivity index (χ4v) is 3.20. The van der Waals surface area contributed by atoms with Crippen LogP contribution in [0, 0.1) is 5.92 Å². The van der Waals surface area contributed by atoms with Crippen LogP contribution in [0.3, 0.4) is 0 Å². The molecule has 0 spiro atoms. The summed E-state index contributed by atoms with van der Waals surface area (Å²) in [6, 6.07) is 9.40. The Morgan fingerprint density at radius 3 is 3.08 bits per heavy atom. The standard InChI is InChI=1S/C18H24N4O2/c1-22-9-5-6-13(12-22)11-19-18(23)16-10-15(20-21-16)14-7-3-4-8-17(14)24-2/h3-4,7-8,10,13H,5-6,9,11-12H2,1-2H3,(H,19,23)(H,20,21)/t13-/m1/s1. The zero-order valence-corrected chi connectivity index (χ0v) is 14.2. The summed E-state index contributed by atoms with van der Waals surface area (Å²) < 4.78 is 5.35. The van der Waals surface area contributed by atoms with Crippen molar-refractivity contribution >= 4 is 5.91 Å². The number of ether oxygens (including phenoxy) is 1. The number of amides is 1. The molecule has 6 heteroatoms. The van der Waals surface area contributed by atoms with E-state index in [0.717, 1.165) is 24.4 Å². The Morgan fingerprint density at radius 1 is 1.46 bits per heavy atom. The van der Waals surface area contributed by atoms with Crippen LogP contribution in [0.25, 0.3) is 11.3 Å². The first-order valence-corrected chi connectivity index (χ1v) is 8.33. The normalized spacial score (nSPS) is 18.3. The van der Waals surface area contributed by atoms with Crippen molar-refractivity contribution in [2.24, 2.45) is 5.92 Å². The highest BCUT2D eigenvalue weighted by molar-refractivity contribution is 5.93. The van der Waals surface area contributed by atoms with Crippen LogP contribution in [0.1, 0.15) is 23.3 Å². The number of aromatic amines is 1. The molecule has 6 nitrogen and oxygen atoms in total. The first-order valence-electron chi connectivity index (χ1n) is 8.33. The van der Waals surface area contributed by atoms with Crippen molar-refractivity contribution in [2.45, 2.75) is 12.8 Å². The van der Waals surface area contributed by atoms with E-state index in [4.69, 9.17) is 4.74 Å². The van der Waals surface area contributed by atoms with Crippen molar-refractivity contribution in [2.75, 3.05) is 33.8 Å². The Bertz CT molecular complexity index is 698. The second-order valence-corrected chi connectivity index (χ2v) is 6.35. The molecule has 2 N–H and O–H groups in total. The lowest BCUT2D eigenvalue weighted by atomic mass is 9.98. The molecule has 2 aromatic rings. The number of nitrogens with one attached hydrogen (secondary N) is 2. The molecule has 1 aliphatic rings. The molecule has 2 heterocycles. The van der Waals surface area contributed by atoms with Gasteiger partial charge in [0.25, 0.3) is 5.91 Å². The second-order valence-electron chi connectivity index (χ2n) is 6.35. The number of benzene rings is 1. The number of para-hydroxylation sites is 1. The quantitative estimate of drug-likeness (QED) is 0.882. The Hall–Kier alpha value is -2.34. The zero-order chi connectivity index (χ0) is 16.9. The summed E-state index contributed by atoms with van der Waals surface area (Å²) >= 11 is 0. The molecule has 24 heavy (non-hydrogen) atoms. The third kappa shape index (κ3) is 3.76. The van der Waals surface area contributed by atoms with Crippen LogP contribution in [0.2, 0.25) is 0 Å². The number of hydrogen-bond acceptors (Lipinski definition) is 4. The number of carbonyl (C=O) groups is 1. The minimum atomic E-state index is -0.114. The lowest BCUT2D eigenvalue weighted by Gasteiger charge is -2.29. The summed E-state index contributed by atoms with van der Waals surface area (Å²) in [5.41, 5.74) is 2.04. The van der Waals surface area contributed by atoms with Crippen LogP contribution in [-0.4, -0.2) is 54.8 Å². The zero-order valence-electron chi connectivity index (χ0n) is 14.2. The fraction of sp³-hybridized carbons (Fsp3) is 0.444. The maximum Gasteiger partial charge on any atom is 0.269 e. The van der Waals surface area contributed by atoms with Gasteiger partial charge in [0, 0.05) is 18.7 Å². The van der Waals surface area contributed by atoms with Gasteiger partial charge in [0.1, 0.15) is 11.4 Å². The summed E-state index contributed by atoms with van der Waals surface area (Å²) in [5, 5.41) is 10.1. The first kappa shape index (κ1) is 16.5. The molecule has 1 aliphatic heterocycles. The highest BCUT2D eigenvalue weighted by Gasteiger charge is 2.19. The second kappa shape index (κ2) is 7.49. The highest BCUT2D eigenvalue weighted by atomic mass is 16.5. The van der Waals surface area contributed by atoms with E-state index in [9.17, 15) is 4.79 Å². The molecule has 0 bridgehead atoms. The first-order chi connectivity index (χ1) is 11.7. The van der Waals surface area contributed by atoms with Gasteiger partial charge < -0.3 is 15.0 Å². The molecule has 1 aromatic heterocycles. The Labute approximate surface area is 142 Å². The number of likely N-dealkylation sites (tertiary alicyclic amines) is 1. The Balaban J connectivity index is 1.63. The molecule has 0 aliphatic carbocycles. The third-order valence-electron chi connectivity index (χ3n) is 4.48. The molecule has 128 valence electrons. The van der Waals surface area contributed by atoms with Gasteiger partial charge in [-0.15, -0.1) is 0 Å². The highest BCUT2D eigenvalue weighted by Crippen LogP contribution is 2.28. The van der Waals surface area contributed by atoms with Gasteiger partial charge in [0.15, 0.2) is 0 Å². The smallest absolute Gasteiger partial charge is 0.269 e. The van der Waals surface area contributed by atoms with Gasteiger partial charge >= 0.3 is 0 Å². The number of nitrogens with zero attached hydrogens (tertiary/aromatic N) is 2. The van der Waals surface area contributed by atoms with Crippen LogP contribution >= 0.6 is 0 Å². The summed E-state index contributed by atoms with van der Waals surface area (Å²) in [6.45, 7) is 2.88. The average Bonchev–Trinajstić information content (AvgIpc) is 3.09. The number of H-pyrrole nitrogens is 1. The van der Waals surface area contributed by atoms with Crippen molar-refractivity contribution in [1.82, 2.24) is 20.4 Å². The van der Waals surface area contributed by atoms with Crippen molar-refractivity contribution in [3.05, 3.63) is 36.0 Å². The number of methoxy groups -OCH3 is 1. The van der Waals surface area contributed by atoms with Crippen LogP contribution in [0.5, 0.6) is 5.75 Å². The average molecular weight is 328 g/mol. The lowest BCUT2D eigenvalue weighted by molar-refractivity contribution is 0.0932. The largest absolute Gasteiger partial charge is 0.496 e. The molecular formula is C18H24N4O2. The molecule has 3 rings (SSSR count). The van der Waals surface area contributed by atoms with E-state index in [0.29, 0.717) is 23.9 Å². The van der Waals surface area contributed by atoms with E-state index in [1.807, 2.05) is 24.3 Å². The van der Waals surface area contributed by atoms with E-state index < -0.39 is 0 Å². The van der Waals surface area contributed by atoms with Crippen molar-refractivity contribution in [1.29, 1.82) is 0 Å². The molecule has 1 aromatic carbocycles. The Kier molecular flexibility index (Phi) is 5.15. The third-order valence-corrected chi connectivity index (χ3v) is 4.48. The molecule has 0 saturated carbocycles. The van der Waals surface area contributed by atoms with Crippen molar-refractivity contribution < 1.29 is 9.53 Å².